The van der Waals surface area contributed by atoms with Gasteiger partial charge >= 0.3 is 11.6 Å². The van der Waals surface area contributed by atoms with E-state index in [4.69, 9.17) is 18.3 Å². The molecule has 0 radical (unpaired) electrons. The van der Waals surface area contributed by atoms with E-state index in [0.717, 1.165) is 16.5 Å². The summed E-state index contributed by atoms with van der Waals surface area (Å²) in [7, 11) is 1.55. The van der Waals surface area contributed by atoms with Gasteiger partial charge in [0.2, 0.25) is 5.89 Å². The molecule has 0 bridgehead atoms. The molecule has 2 aromatic carbocycles. The number of esters is 1. The Labute approximate surface area is 183 Å². The highest BCUT2D eigenvalue weighted by Crippen LogP contribution is 2.25. The van der Waals surface area contributed by atoms with Gasteiger partial charge in [-0.3, -0.25) is 4.79 Å². The summed E-state index contributed by atoms with van der Waals surface area (Å²) in [6, 6.07) is 14.6. The van der Waals surface area contributed by atoms with Crippen molar-refractivity contribution in [2.45, 2.75) is 32.8 Å². The van der Waals surface area contributed by atoms with Crippen LogP contribution in [0.3, 0.4) is 0 Å². The molecule has 32 heavy (non-hydrogen) atoms. The van der Waals surface area contributed by atoms with Crippen LogP contribution in [0, 0.1) is 6.92 Å². The molecule has 0 spiro atoms. The van der Waals surface area contributed by atoms with Crippen LogP contribution in [-0.4, -0.2) is 23.3 Å². The van der Waals surface area contributed by atoms with Crippen molar-refractivity contribution in [2.24, 2.45) is 0 Å². The van der Waals surface area contributed by atoms with Gasteiger partial charge in [-0.05, 0) is 50.1 Å². The molecule has 2 aromatic heterocycles. The van der Waals surface area contributed by atoms with Crippen molar-refractivity contribution >= 4 is 16.9 Å². The molecule has 0 saturated heterocycles. The highest BCUT2D eigenvalue weighted by Gasteiger charge is 2.20. The summed E-state index contributed by atoms with van der Waals surface area (Å²) in [6.07, 6.45) is -0.507. The van der Waals surface area contributed by atoms with E-state index in [9.17, 15) is 9.59 Å². The Kier molecular flexibility index (Phi) is 6.02. The molecule has 4 rings (SSSR count). The van der Waals surface area contributed by atoms with Gasteiger partial charge in [-0.1, -0.05) is 18.2 Å². The van der Waals surface area contributed by atoms with E-state index in [1.54, 1.807) is 26.2 Å². The van der Waals surface area contributed by atoms with Crippen LogP contribution in [0.25, 0.3) is 22.4 Å². The number of benzene rings is 2. The second-order valence-corrected chi connectivity index (χ2v) is 7.30. The lowest BCUT2D eigenvalue weighted by molar-refractivity contribution is -0.149. The van der Waals surface area contributed by atoms with Crippen molar-refractivity contribution < 1.29 is 23.1 Å². The number of rotatable bonds is 7. The minimum absolute atomic E-state index is 0.0112. The van der Waals surface area contributed by atoms with E-state index in [1.807, 2.05) is 43.3 Å². The standard InChI is InChI=1S/C24H22N2O6/c1-14-18-10-9-17(29-3)13-20(18)31-24(28)19(14)11-12-21(27)30-15(2)22-25-26-23(32-22)16-7-5-4-6-8-16/h4-10,13,15H,11-12H2,1-3H3. The summed E-state index contributed by atoms with van der Waals surface area (Å²) in [5.74, 6) is 0.671. The molecule has 0 fully saturated rings. The molecular weight excluding hydrogens is 412 g/mol. The van der Waals surface area contributed by atoms with Crippen LogP contribution in [0.15, 0.2) is 62.2 Å². The molecule has 4 aromatic rings. The zero-order valence-electron chi connectivity index (χ0n) is 18.0. The SMILES string of the molecule is COc1ccc2c(C)c(CCC(=O)OC(C)c3nnc(-c4ccccc4)o3)c(=O)oc2c1. The van der Waals surface area contributed by atoms with Crippen molar-refractivity contribution in [2.75, 3.05) is 7.11 Å². The number of fused-ring (bicyclic) bond motifs is 1. The fourth-order valence-corrected chi connectivity index (χ4v) is 3.42. The molecule has 2 heterocycles. The van der Waals surface area contributed by atoms with Crippen molar-refractivity contribution in [3.05, 3.63) is 76.0 Å². The number of nitrogens with zero attached hydrogens (tertiary/aromatic N) is 2. The molecule has 1 unspecified atom stereocenters. The number of aromatic nitrogens is 2. The van der Waals surface area contributed by atoms with Crippen LogP contribution in [0.2, 0.25) is 0 Å². The van der Waals surface area contributed by atoms with Crippen molar-refractivity contribution in [1.82, 2.24) is 10.2 Å². The lowest BCUT2D eigenvalue weighted by Gasteiger charge is -2.11. The van der Waals surface area contributed by atoms with Gasteiger partial charge in [-0.15, -0.1) is 10.2 Å². The monoisotopic (exact) mass is 434 g/mol. The predicted octanol–water partition coefficient (Wildman–Crippen LogP) is 4.40. The normalized spacial score (nSPS) is 12.0. The number of ether oxygens (including phenoxy) is 2. The molecule has 8 nitrogen and oxygen atoms in total. The van der Waals surface area contributed by atoms with E-state index in [1.165, 1.54) is 0 Å². The second-order valence-electron chi connectivity index (χ2n) is 7.30. The van der Waals surface area contributed by atoms with Crippen molar-refractivity contribution in [1.29, 1.82) is 0 Å². The number of carbonyl (C=O) groups excluding carboxylic acids is 1. The average Bonchev–Trinajstić information content (AvgIpc) is 3.29. The lowest BCUT2D eigenvalue weighted by Crippen LogP contribution is -2.15. The molecule has 0 aliphatic carbocycles. The molecule has 0 aliphatic rings. The fraction of sp³-hybridized carbons (Fsp3) is 0.250. The first-order chi connectivity index (χ1) is 15.5. The second kappa shape index (κ2) is 9.05. The smallest absolute Gasteiger partial charge is 0.339 e. The Hall–Kier alpha value is -3.94. The van der Waals surface area contributed by atoms with Crippen molar-refractivity contribution in [3.8, 4) is 17.2 Å². The maximum atomic E-state index is 12.5. The minimum atomic E-state index is -0.714. The largest absolute Gasteiger partial charge is 0.497 e. The third-order valence-corrected chi connectivity index (χ3v) is 5.19. The number of hydrogen-bond acceptors (Lipinski definition) is 8. The van der Waals surface area contributed by atoms with Crippen LogP contribution in [0.5, 0.6) is 5.75 Å². The fourth-order valence-electron chi connectivity index (χ4n) is 3.42. The van der Waals surface area contributed by atoms with Crippen LogP contribution >= 0.6 is 0 Å². The van der Waals surface area contributed by atoms with Gasteiger partial charge in [0.05, 0.1) is 7.11 Å². The van der Waals surface area contributed by atoms with E-state index >= 15 is 0 Å². The number of methoxy groups -OCH3 is 1. The zero-order chi connectivity index (χ0) is 22.7. The summed E-state index contributed by atoms with van der Waals surface area (Å²) >= 11 is 0. The van der Waals surface area contributed by atoms with Crippen LogP contribution in [0.1, 0.15) is 36.5 Å². The Morgan fingerprint density at radius 2 is 1.88 bits per heavy atom. The Balaban J connectivity index is 1.42. The third kappa shape index (κ3) is 4.39. The summed E-state index contributed by atoms with van der Waals surface area (Å²) in [5, 5.41) is 8.77. The van der Waals surface area contributed by atoms with Crippen LogP contribution in [-0.2, 0) is 16.0 Å². The van der Waals surface area contributed by atoms with Crippen molar-refractivity contribution in [3.63, 3.8) is 0 Å². The third-order valence-electron chi connectivity index (χ3n) is 5.19. The van der Waals surface area contributed by atoms with Gasteiger partial charge in [-0.2, -0.15) is 0 Å². The molecule has 0 saturated carbocycles. The van der Waals surface area contributed by atoms with Crippen LogP contribution < -0.4 is 10.4 Å². The van der Waals surface area contributed by atoms with Crippen LogP contribution in [0.4, 0.5) is 0 Å². The first kappa shape index (κ1) is 21.3. The van der Waals surface area contributed by atoms with Gasteiger partial charge in [0.15, 0.2) is 6.10 Å². The minimum Gasteiger partial charge on any atom is -0.497 e. The first-order valence-corrected chi connectivity index (χ1v) is 10.1. The molecule has 0 aliphatic heterocycles. The molecule has 164 valence electrons. The van der Waals surface area contributed by atoms with E-state index in [0.29, 0.717) is 22.8 Å². The highest BCUT2D eigenvalue weighted by molar-refractivity contribution is 5.82. The van der Waals surface area contributed by atoms with Gasteiger partial charge in [0.1, 0.15) is 11.3 Å². The molecule has 0 amide bonds. The molecule has 0 N–H and O–H groups in total. The van der Waals surface area contributed by atoms with Gasteiger partial charge in [0, 0.05) is 29.0 Å². The quantitative estimate of drug-likeness (QED) is 0.311. The average molecular weight is 434 g/mol. The first-order valence-electron chi connectivity index (χ1n) is 10.1. The molecule has 8 heteroatoms. The van der Waals surface area contributed by atoms with E-state index in [2.05, 4.69) is 10.2 Å². The maximum Gasteiger partial charge on any atom is 0.339 e. The van der Waals surface area contributed by atoms with E-state index < -0.39 is 17.7 Å². The zero-order valence-corrected chi connectivity index (χ0v) is 18.0. The number of carbonyl (C=O) groups is 1. The van der Waals surface area contributed by atoms with Gasteiger partial charge in [-0.25, -0.2) is 4.79 Å². The Morgan fingerprint density at radius 3 is 2.62 bits per heavy atom. The molecular formula is C24H22N2O6. The summed E-state index contributed by atoms with van der Waals surface area (Å²) in [5.41, 5.74) is 1.95. The topological polar surface area (TPSA) is 105 Å². The Bertz CT molecular complexity index is 1310. The number of hydrogen-bond donors (Lipinski definition) is 0. The maximum absolute atomic E-state index is 12.5. The van der Waals surface area contributed by atoms with E-state index in [-0.39, 0.29) is 18.7 Å². The Morgan fingerprint density at radius 1 is 1.09 bits per heavy atom. The lowest BCUT2D eigenvalue weighted by atomic mass is 10.0. The summed E-state index contributed by atoms with van der Waals surface area (Å²) in [4.78, 5) is 24.8. The summed E-state index contributed by atoms with van der Waals surface area (Å²) in [6.45, 7) is 3.49. The highest BCUT2D eigenvalue weighted by atomic mass is 16.6. The molecule has 1 atom stereocenters. The predicted molar refractivity (Wildman–Crippen MR) is 116 cm³/mol. The van der Waals surface area contributed by atoms with Gasteiger partial charge in [0.25, 0.3) is 5.89 Å². The van der Waals surface area contributed by atoms with Gasteiger partial charge < -0.3 is 18.3 Å². The summed E-state index contributed by atoms with van der Waals surface area (Å²) < 4.78 is 21.6. The number of aryl methyl sites for hydroxylation is 1.